The minimum absolute atomic E-state index is 0.116. The van der Waals surface area contributed by atoms with Crippen molar-refractivity contribution in [2.24, 2.45) is 0 Å². The second-order valence-electron chi connectivity index (χ2n) is 18.1. The van der Waals surface area contributed by atoms with E-state index in [1.807, 2.05) is 0 Å². The smallest absolute Gasteiger partial charge is 0.306 e. The van der Waals surface area contributed by atoms with Crippen LogP contribution in [-0.4, -0.2) is 37.2 Å². The minimum atomic E-state index is -0.825. The lowest BCUT2D eigenvalue weighted by atomic mass is 10.1. The Labute approximate surface area is 424 Å². The standard InChI is InChI=1S/C63H102O6/c1-4-7-10-13-16-19-22-25-28-30-31-33-36-39-42-45-48-51-54-57-63(66)69-60(58-67-61(64)55-52-49-46-43-40-37-34-27-24-21-18-15-12-9-6-3)59-68-62(65)56-53-50-47-44-41-38-35-32-29-26-23-20-17-14-11-8-5-2/h7,10,16-17,19-20,25-29,31,33-35,38-39,42,44,47,60H,4-6,8-9,11-15,18,21-24,30,32,36-37,40-41,43,45-46,48-59H2,1-3H3/b10-7-,19-16-,20-17-,28-25-,29-26-,33-31-,34-27-,38-35-,42-39-,47-44-/t60-/m0/s1. The van der Waals surface area contributed by atoms with E-state index in [1.54, 1.807) is 0 Å². The average Bonchev–Trinajstić information content (AvgIpc) is 3.35. The predicted molar refractivity (Wildman–Crippen MR) is 297 cm³/mol. The molecule has 0 saturated heterocycles. The third-order valence-electron chi connectivity index (χ3n) is 11.4. The van der Waals surface area contributed by atoms with E-state index in [2.05, 4.69) is 142 Å². The van der Waals surface area contributed by atoms with Crippen molar-refractivity contribution in [2.75, 3.05) is 13.2 Å². The average molecular weight is 956 g/mol. The second-order valence-corrected chi connectivity index (χ2v) is 18.1. The molecule has 0 bridgehead atoms. The first kappa shape index (κ1) is 64.8. The molecule has 0 spiro atoms. The molecule has 69 heavy (non-hydrogen) atoms. The topological polar surface area (TPSA) is 78.9 Å². The first-order chi connectivity index (χ1) is 34.0. The Morgan fingerprint density at radius 1 is 0.304 bits per heavy atom. The molecule has 0 aromatic carbocycles. The molecule has 1 atom stereocenters. The Balaban J connectivity index is 4.57. The van der Waals surface area contributed by atoms with Crippen molar-refractivity contribution in [3.63, 3.8) is 0 Å². The zero-order chi connectivity index (χ0) is 50.0. The quantitative estimate of drug-likeness (QED) is 0.0262. The predicted octanol–water partition coefficient (Wildman–Crippen LogP) is 18.9. The normalized spacial score (nSPS) is 13.0. The monoisotopic (exact) mass is 955 g/mol. The van der Waals surface area contributed by atoms with Crippen molar-refractivity contribution in [3.8, 4) is 0 Å². The van der Waals surface area contributed by atoms with E-state index < -0.39 is 6.10 Å². The van der Waals surface area contributed by atoms with Crippen molar-refractivity contribution in [3.05, 3.63) is 122 Å². The van der Waals surface area contributed by atoms with Gasteiger partial charge < -0.3 is 14.2 Å². The molecule has 0 N–H and O–H groups in total. The van der Waals surface area contributed by atoms with Crippen LogP contribution in [0.15, 0.2) is 122 Å². The maximum absolute atomic E-state index is 12.8. The number of hydrogen-bond donors (Lipinski definition) is 0. The third kappa shape index (κ3) is 54.6. The van der Waals surface area contributed by atoms with E-state index in [9.17, 15) is 14.4 Å². The van der Waals surface area contributed by atoms with Crippen LogP contribution >= 0.6 is 0 Å². The van der Waals surface area contributed by atoms with Crippen LogP contribution in [0.25, 0.3) is 0 Å². The highest BCUT2D eigenvalue weighted by molar-refractivity contribution is 5.71. The number of allylic oxidation sites excluding steroid dienone is 20. The van der Waals surface area contributed by atoms with Gasteiger partial charge in [-0.1, -0.05) is 213 Å². The van der Waals surface area contributed by atoms with Gasteiger partial charge in [-0.25, -0.2) is 0 Å². The van der Waals surface area contributed by atoms with E-state index >= 15 is 0 Å². The van der Waals surface area contributed by atoms with Crippen molar-refractivity contribution < 1.29 is 28.6 Å². The number of hydrogen-bond acceptors (Lipinski definition) is 6. The molecule has 0 aromatic heterocycles. The highest BCUT2D eigenvalue weighted by Gasteiger charge is 2.19. The summed E-state index contributed by atoms with van der Waals surface area (Å²) in [5.74, 6) is -1.02. The summed E-state index contributed by atoms with van der Waals surface area (Å²) in [7, 11) is 0. The van der Waals surface area contributed by atoms with Crippen LogP contribution < -0.4 is 0 Å². The molecule has 0 amide bonds. The SMILES string of the molecule is CC/C=C\C/C=C\C/C=C\C/C=C\C/C=C\CCCCCC(=O)O[C@H](COC(=O)CCC/C=C\C/C=C\C/C=C\C/C=C\CCCCC)COC(=O)CCCCCCC/C=C\CCCCCCCC. The lowest BCUT2D eigenvalue weighted by Gasteiger charge is -2.18. The van der Waals surface area contributed by atoms with Crippen molar-refractivity contribution in [1.29, 1.82) is 0 Å². The first-order valence-corrected chi connectivity index (χ1v) is 28.0. The van der Waals surface area contributed by atoms with Crippen LogP contribution in [0.4, 0.5) is 0 Å². The fourth-order valence-corrected chi connectivity index (χ4v) is 7.22. The number of rotatable bonds is 49. The van der Waals surface area contributed by atoms with E-state index in [0.29, 0.717) is 19.3 Å². The summed E-state index contributed by atoms with van der Waals surface area (Å²) < 4.78 is 16.8. The summed E-state index contributed by atoms with van der Waals surface area (Å²) in [6.07, 6.45) is 77.6. The summed E-state index contributed by atoms with van der Waals surface area (Å²) in [4.78, 5) is 38.1. The van der Waals surface area contributed by atoms with Gasteiger partial charge in [0.15, 0.2) is 6.10 Å². The Morgan fingerprint density at radius 3 is 1.00 bits per heavy atom. The molecular weight excluding hydrogens is 853 g/mol. The van der Waals surface area contributed by atoms with E-state index in [1.165, 1.54) is 77.0 Å². The Kier molecular flexibility index (Phi) is 53.0. The molecule has 6 heteroatoms. The molecule has 0 rings (SSSR count). The molecule has 0 radical (unpaired) electrons. The molecule has 0 unspecified atom stereocenters. The summed E-state index contributed by atoms with van der Waals surface area (Å²) in [5.41, 5.74) is 0. The molecule has 0 aliphatic heterocycles. The molecule has 6 nitrogen and oxygen atoms in total. The number of carbonyl (C=O) groups excluding carboxylic acids is 3. The van der Waals surface area contributed by atoms with Gasteiger partial charge in [-0.2, -0.15) is 0 Å². The maximum atomic E-state index is 12.8. The van der Waals surface area contributed by atoms with Gasteiger partial charge in [0, 0.05) is 19.3 Å². The van der Waals surface area contributed by atoms with Crippen LogP contribution in [-0.2, 0) is 28.6 Å². The van der Waals surface area contributed by atoms with Crippen LogP contribution in [0.1, 0.15) is 239 Å². The van der Waals surface area contributed by atoms with Crippen LogP contribution in [0.5, 0.6) is 0 Å². The molecule has 0 saturated carbocycles. The van der Waals surface area contributed by atoms with Crippen LogP contribution in [0, 0.1) is 0 Å². The van der Waals surface area contributed by atoms with Gasteiger partial charge >= 0.3 is 17.9 Å². The molecule has 0 fully saturated rings. The van der Waals surface area contributed by atoms with Gasteiger partial charge in [0.05, 0.1) is 0 Å². The number of carbonyl (C=O) groups is 3. The second kappa shape index (κ2) is 56.4. The van der Waals surface area contributed by atoms with E-state index in [0.717, 1.165) is 109 Å². The summed E-state index contributed by atoms with van der Waals surface area (Å²) >= 11 is 0. The van der Waals surface area contributed by atoms with E-state index in [-0.39, 0.29) is 44.0 Å². The maximum Gasteiger partial charge on any atom is 0.306 e. The van der Waals surface area contributed by atoms with Gasteiger partial charge in [0.25, 0.3) is 0 Å². The zero-order valence-electron chi connectivity index (χ0n) is 44.5. The summed E-state index contributed by atoms with van der Waals surface area (Å²) in [6.45, 7) is 6.40. The van der Waals surface area contributed by atoms with Crippen LogP contribution in [0.2, 0.25) is 0 Å². The molecule has 0 aliphatic carbocycles. The van der Waals surface area contributed by atoms with Crippen LogP contribution in [0.3, 0.4) is 0 Å². The highest BCUT2D eigenvalue weighted by atomic mass is 16.6. The van der Waals surface area contributed by atoms with Gasteiger partial charge in [0.2, 0.25) is 0 Å². The van der Waals surface area contributed by atoms with Gasteiger partial charge in [-0.15, -0.1) is 0 Å². The summed E-state index contributed by atoms with van der Waals surface area (Å²) in [6, 6.07) is 0. The molecular formula is C63H102O6. The lowest BCUT2D eigenvalue weighted by molar-refractivity contribution is -0.167. The molecule has 0 heterocycles. The fraction of sp³-hybridized carbons (Fsp3) is 0.635. The van der Waals surface area contributed by atoms with Gasteiger partial charge in [-0.3, -0.25) is 14.4 Å². The zero-order valence-corrected chi connectivity index (χ0v) is 44.5. The van der Waals surface area contributed by atoms with Crippen molar-refractivity contribution in [1.82, 2.24) is 0 Å². The Bertz CT molecular complexity index is 1470. The van der Waals surface area contributed by atoms with E-state index in [4.69, 9.17) is 14.2 Å². The molecule has 390 valence electrons. The van der Waals surface area contributed by atoms with Gasteiger partial charge in [0.1, 0.15) is 13.2 Å². The molecule has 0 aliphatic rings. The highest BCUT2D eigenvalue weighted by Crippen LogP contribution is 2.13. The number of unbranched alkanes of at least 4 members (excludes halogenated alkanes) is 18. The number of ether oxygens (including phenoxy) is 3. The lowest BCUT2D eigenvalue weighted by Crippen LogP contribution is -2.30. The fourth-order valence-electron chi connectivity index (χ4n) is 7.22. The van der Waals surface area contributed by atoms with Crippen molar-refractivity contribution in [2.45, 2.75) is 245 Å². The minimum Gasteiger partial charge on any atom is -0.462 e. The Hall–Kier alpha value is -4.19. The molecule has 0 aromatic rings. The Morgan fingerprint density at radius 2 is 0.580 bits per heavy atom. The first-order valence-electron chi connectivity index (χ1n) is 28.0. The number of esters is 3. The van der Waals surface area contributed by atoms with Crippen molar-refractivity contribution >= 4 is 17.9 Å². The third-order valence-corrected chi connectivity index (χ3v) is 11.4. The largest absolute Gasteiger partial charge is 0.462 e. The summed E-state index contributed by atoms with van der Waals surface area (Å²) in [5, 5.41) is 0. The van der Waals surface area contributed by atoms with Gasteiger partial charge in [-0.05, 0) is 128 Å².